The molecule has 2 aliphatic carbocycles. The molecule has 2 saturated carbocycles. The summed E-state index contributed by atoms with van der Waals surface area (Å²) in [5, 5.41) is 9.68. The Morgan fingerprint density at radius 3 is 2.43 bits per heavy atom. The van der Waals surface area contributed by atoms with Crippen LogP contribution in [0.5, 0.6) is 0 Å². The molecular weight excluding hydrogens is 288 g/mol. The van der Waals surface area contributed by atoms with E-state index in [4.69, 9.17) is 0 Å². The zero-order chi connectivity index (χ0) is 17.5. The minimum atomic E-state index is -0.641. The van der Waals surface area contributed by atoms with Crippen LogP contribution in [0.1, 0.15) is 79.6 Å². The lowest BCUT2D eigenvalue weighted by atomic mass is 9.57. The first kappa shape index (κ1) is 18.5. The van der Waals surface area contributed by atoms with Gasteiger partial charge in [-0.1, -0.05) is 41.0 Å². The van der Waals surface area contributed by atoms with Crippen LogP contribution < -0.4 is 0 Å². The average molecular weight is 322 g/mol. The van der Waals surface area contributed by atoms with Crippen LogP contribution in [0.4, 0.5) is 0 Å². The van der Waals surface area contributed by atoms with E-state index >= 15 is 0 Å². The maximum Gasteiger partial charge on any atom is 0.306 e. The van der Waals surface area contributed by atoms with Gasteiger partial charge in [0.1, 0.15) is 6.29 Å². The molecular formula is C20H34O3. The number of fused-ring (bicyclic) bond motifs is 1. The summed E-state index contributed by atoms with van der Waals surface area (Å²) in [6, 6.07) is 0. The fourth-order valence-corrected chi connectivity index (χ4v) is 5.52. The van der Waals surface area contributed by atoms with E-state index in [9.17, 15) is 14.7 Å². The normalized spacial score (nSPS) is 41.7. The lowest BCUT2D eigenvalue weighted by Gasteiger charge is -2.47. The molecule has 1 N–H and O–H groups in total. The van der Waals surface area contributed by atoms with Gasteiger partial charge in [-0.2, -0.15) is 0 Å². The molecule has 2 aliphatic rings. The van der Waals surface area contributed by atoms with Gasteiger partial charge < -0.3 is 9.90 Å². The van der Waals surface area contributed by atoms with Gasteiger partial charge in [-0.05, 0) is 61.2 Å². The molecule has 132 valence electrons. The molecule has 0 heterocycles. The van der Waals surface area contributed by atoms with Crippen LogP contribution in [0.3, 0.4) is 0 Å². The second-order valence-electron chi connectivity index (χ2n) is 8.94. The van der Waals surface area contributed by atoms with E-state index in [1.807, 2.05) is 0 Å². The molecule has 3 heteroatoms. The molecule has 0 spiro atoms. The average Bonchev–Trinajstić information content (AvgIpc) is 3.29. The number of hydrogen-bond acceptors (Lipinski definition) is 2. The highest BCUT2D eigenvalue weighted by Crippen LogP contribution is 2.76. The molecule has 0 aromatic carbocycles. The number of rotatable bonds is 8. The highest BCUT2D eigenvalue weighted by molar-refractivity contribution is 5.70. The Balaban J connectivity index is 2.17. The standard InChI is InChI=1S/C20H34O3/c1-6-14(3)10-15(17(22)23)11-18(4)8-9-19(5,13-21)20(7-2)12-16(18)20/h13-16H,6-12H2,1-5H3,(H,22,23). The Morgan fingerprint density at radius 1 is 1.30 bits per heavy atom. The smallest absolute Gasteiger partial charge is 0.306 e. The highest BCUT2D eigenvalue weighted by Gasteiger charge is 2.70. The van der Waals surface area contributed by atoms with Gasteiger partial charge in [0.25, 0.3) is 0 Å². The molecule has 0 amide bonds. The Bertz CT molecular complexity index is 474. The second-order valence-corrected chi connectivity index (χ2v) is 8.94. The number of carbonyl (C=O) groups excluding carboxylic acids is 1. The predicted molar refractivity (Wildman–Crippen MR) is 92.2 cm³/mol. The van der Waals surface area contributed by atoms with Gasteiger partial charge in [0.2, 0.25) is 0 Å². The van der Waals surface area contributed by atoms with Crippen molar-refractivity contribution < 1.29 is 14.7 Å². The molecule has 0 aromatic rings. The van der Waals surface area contributed by atoms with Crippen molar-refractivity contribution in [3.05, 3.63) is 0 Å². The summed E-state index contributed by atoms with van der Waals surface area (Å²) in [5.41, 5.74) is -0.00240. The fraction of sp³-hybridized carbons (Fsp3) is 0.900. The molecule has 6 atom stereocenters. The minimum Gasteiger partial charge on any atom is -0.481 e. The van der Waals surface area contributed by atoms with Crippen LogP contribution in [-0.4, -0.2) is 17.4 Å². The maximum absolute atomic E-state index is 11.8. The summed E-state index contributed by atoms with van der Waals surface area (Å²) >= 11 is 0. The van der Waals surface area contributed by atoms with Gasteiger partial charge in [-0.15, -0.1) is 0 Å². The van der Waals surface area contributed by atoms with Gasteiger partial charge in [-0.25, -0.2) is 0 Å². The van der Waals surface area contributed by atoms with Gasteiger partial charge >= 0.3 is 5.97 Å². The molecule has 2 rings (SSSR count). The van der Waals surface area contributed by atoms with Crippen molar-refractivity contribution in [1.82, 2.24) is 0 Å². The van der Waals surface area contributed by atoms with E-state index in [2.05, 4.69) is 34.6 Å². The van der Waals surface area contributed by atoms with E-state index in [1.165, 1.54) is 6.29 Å². The van der Waals surface area contributed by atoms with Gasteiger partial charge in [0.15, 0.2) is 0 Å². The summed E-state index contributed by atoms with van der Waals surface area (Å²) in [7, 11) is 0. The lowest BCUT2D eigenvalue weighted by Crippen LogP contribution is -2.42. The number of carboxylic acid groups (broad SMARTS) is 1. The minimum absolute atomic E-state index is 0.0784. The van der Waals surface area contributed by atoms with Crippen molar-refractivity contribution in [1.29, 1.82) is 0 Å². The van der Waals surface area contributed by atoms with Crippen LogP contribution in [0.25, 0.3) is 0 Å². The first-order valence-electron chi connectivity index (χ1n) is 9.37. The van der Waals surface area contributed by atoms with Gasteiger partial charge in [0, 0.05) is 5.41 Å². The summed E-state index contributed by atoms with van der Waals surface area (Å²) in [5.74, 6) is 0.0880. The first-order chi connectivity index (χ1) is 10.7. The number of aliphatic carboxylic acids is 1. The molecule has 0 radical (unpaired) electrons. The molecule has 6 unspecified atom stereocenters. The van der Waals surface area contributed by atoms with E-state index in [0.29, 0.717) is 11.8 Å². The van der Waals surface area contributed by atoms with Crippen molar-refractivity contribution in [2.24, 2.45) is 34.0 Å². The first-order valence-corrected chi connectivity index (χ1v) is 9.37. The van der Waals surface area contributed by atoms with Crippen molar-refractivity contribution in [3.8, 4) is 0 Å². The quantitative estimate of drug-likeness (QED) is 0.644. The monoisotopic (exact) mass is 322 g/mol. The predicted octanol–water partition coefficient (Wildman–Crippen LogP) is 4.94. The number of aldehydes is 1. The van der Waals surface area contributed by atoms with E-state index in [1.54, 1.807) is 0 Å². The SMILES string of the molecule is CCC(C)CC(CC1(C)CCC(C)(C=O)C2(CC)CC12)C(=O)O. The van der Waals surface area contributed by atoms with Crippen LogP contribution in [0.2, 0.25) is 0 Å². The Hall–Kier alpha value is -0.860. The van der Waals surface area contributed by atoms with Crippen LogP contribution in [0, 0.1) is 34.0 Å². The Kier molecular flexibility index (Phi) is 4.99. The number of carbonyl (C=O) groups is 2. The topological polar surface area (TPSA) is 54.4 Å². The second kappa shape index (κ2) is 6.22. The third kappa shape index (κ3) is 2.96. The Labute approximate surface area is 141 Å². The molecule has 0 aromatic heterocycles. The third-order valence-corrected chi connectivity index (χ3v) is 7.61. The number of hydrogen-bond donors (Lipinski definition) is 1. The van der Waals surface area contributed by atoms with Crippen molar-refractivity contribution in [2.75, 3.05) is 0 Å². The van der Waals surface area contributed by atoms with Crippen molar-refractivity contribution >= 4 is 12.3 Å². The lowest BCUT2D eigenvalue weighted by molar-refractivity contribution is -0.145. The summed E-state index contributed by atoms with van der Waals surface area (Å²) < 4.78 is 0. The molecule has 0 saturated heterocycles. The van der Waals surface area contributed by atoms with Gasteiger partial charge in [0.05, 0.1) is 5.92 Å². The fourth-order valence-electron chi connectivity index (χ4n) is 5.52. The molecule has 2 fully saturated rings. The van der Waals surface area contributed by atoms with Crippen LogP contribution in [-0.2, 0) is 9.59 Å². The zero-order valence-corrected chi connectivity index (χ0v) is 15.5. The summed E-state index contributed by atoms with van der Waals surface area (Å²) in [6.45, 7) is 10.9. The van der Waals surface area contributed by atoms with E-state index in [0.717, 1.165) is 44.9 Å². The van der Waals surface area contributed by atoms with Crippen molar-refractivity contribution in [2.45, 2.75) is 79.6 Å². The number of carboxylic acids is 1. The largest absolute Gasteiger partial charge is 0.481 e. The molecule has 23 heavy (non-hydrogen) atoms. The summed E-state index contributed by atoms with van der Waals surface area (Å²) in [6.07, 6.45) is 7.80. The molecule has 3 nitrogen and oxygen atoms in total. The van der Waals surface area contributed by atoms with E-state index < -0.39 is 5.97 Å². The van der Waals surface area contributed by atoms with Crippen LogP contribution in [0.15, 0.2) is 0 Å². The van der Waals surface area contributed by atoms with Gasteiger partial charge in [-0.3, -0.25) is 4.79 Å². The molecule has 0 aliphatic heterocycles. The zero-order valence-electron chi connectivity index (χ0n) is 15.5. The highest BCUT2D eigenvalue weighted by atomic mass is 16.4. The summed E-state index contributed by atoms with van der Waals surface area (Å²) in [4.78, 5) is 23.5. The van der Waals surface area contributed by atoms with Crippen molar-refractivity contribution in [3.63, 3.8) is 0 Å². The molecule has 0 bridgehead atoms. The third-order valence-electron chi connectivity index (χ3n) is 7.61. The maximum atomic E-state index is 11.8. The van der Waals surface area contributed by atoms with E-state index in [-0.39, 0.29) is 22.2 Å². The Morgan fingerprint density at radius 2 is 1.96 bits per heavy atom. The van der Waals surface area contributed by atoms with Crippen LogP contribution >= 0.6 is 0 Å².